The molecular weight excluding hydrogens is 292 g/mol. The van der Waals surface area contributed by atoms with Crippen molar-refractivity contribution in [1.82, 2.24) is 0 Å². The molecule has 0 aromatic heterocycles. The predicted molar refractivity (Wildman–Crippen MR) is 85.6 cm³/mol. The summed E-state index contributed by atoms with van der Waals surface area (Å²) < 4.78 is 5.51. The second-order valence-electron chi connectivity index (χ2n) is 7.63. The quantitative estimate of drug-likeness (QED) is 0.551. The third-order valence-corrected chi connectivity index (χ3v) is 6.12. The summed E-state index contributed by atoms with van der Waals surface area (Å²) in [4.78, 5) is 35.8. The van der Waals surface area contributed by atoms with E-state index in [1.165, 1.54) is 6.92 Å². The summed E-state index contributed by atoms with van der Waals surface area (Å²) in [6.07, 6.45) is 5.70. The zero-order valence-corrected chi connectivity index (χ0v) is 14.3. The van der Waals surface area contributed by atoms with E-state index in [9.17, 15) is 14.4 Å². The number of ether oxygens (including phenoxy) is 1. The smallest absolute Gasteiger partial charge is 0.302 e. The summed E-state index contributed by atoms with van der Waals surface area (Å²) >= 11 is 0. The lowest BCUT2D eigenvalue weighted by Gasteiger charge is -2.54. The molecule has 4 atom stereocenters. The van der Waals surface area contributed by atoms with Crippen LogP contribution >= 0.6 is 0 Å². The van der Waals surface area contributed by atoms with Gasteiger partial charge in [0, 0.05) is 36.5 Å². The molecule has 0 N–H and O–H groups in total. The largest absolute Gasteiger partial charge is 0.461 e. The fraction of sp³-hybridized carbons (Fsp3) is 0.632. The number of ketones is 2. The van der Waals surface area contributed by atoms with Gasteiger partial charge in [0.25, 0.3) is 0 Å². The fourth-order valence-corrected chi connectivity index (χ4v) is 4.77. The standard InChI is InChI=1S/C19H24O4/c1-11-14-5-7-19(4)16(18(14,3)8-6-15(11)22)9-13(21)10-17(19)23-12(2)20/h5,9,11,17H,6-8,10H2,1-4H3/t11-,17-,18?,19?/m1/s1. The molecule has 0 aromatic carbocycles. The molecule has 4 heteroatoms. The van der Waals surface area contributed by atoms with Crippen molar-refractivity contribution in [2.24, 2.45) is 16.7 Å². The number of hydrogen-bond donors (Lipinski definition) is 0. The highest BCUT2D eigenvalue weighted by Gasteiger charge is 2.55. The Hall–Kier alpha value is -1.71. The minimum atomic E-state index is -0.421. The van der Waals surface area contributed by atoms with Gasteiger partial charge >= 0.3 is 5.97 Å². The highest BCUT2D eigenvalue weighted by Crippen LogP contribution is 2.60. The summed E-state index contributed by atoms with van der Waals surface area (Å²) in [6.45, 7) is 7.56. The molecule has 0 aromatic rings. The number of esters is 1. The molecule has 0 radical (unpaired) electrons. The van der Waals surface area contributed by atoms with Crippen molar-refractivity contribution >= 4 is 17.5 Å². The number of Topliss-reactive ketones (excluding diaryl/α,β-unsaturated/α-hetero) is 1. The van der Waals surface area contributed by atoms with Gasteiger partial charge < -0.3 is 4.74 Å². The topological polar surface area (TPSA) is 60.4 Å². The van der Waals surface area contributed by atoms with Gasteiger partial charge in [0.2, 0.25) is 0 Å². The lowest BCUT2D eigenvalue weighted by Crippen LogP contribution is -2.51. The van der Waals surface area contributed by atoms with Gasteiger partial charge in [-0.05, 0) is 24.5 Å². The van der Waals surface area contributed by atoms with Gasteiger partial charge in [-0.25, -0.2) is 0 Å². The molecule has 0 spiro atoms. The number of carbonyl (C=O) groups is 3. The van der Waals surface area contributed by atoms with E-state index < -0.39 is 6.10 Å². The van der Waals surface area contributed by atoms with Gasteiger partial charge in [0.15, 0.2) is 5.78 Å². The summed E-state index contributed by atoms with van der Waals surface area (Å²) in [5.41, 5.74) is 1.53. The molecule has 3 rings (SSSR count). The molecule has 3 aliphatic carbocycles. The first-order valence-electron chi connectivity index (χ1n) is 8.34. The molecule has 1 fully saturated rings. The molecule has 0 aliphatic heterocycles. The number of hydrogen-bond acceptors (Lipinski definition) is 4. The van der Waals surface area contributed by atoms with E-state index in [0.717, 1.165) is 17.6 Å². The molecule has 0 amide bonds. The SMILES string of the molecule is CC(=O)O[C@@H]1CC(=O)C=C2C3(C)CCC(=O)[C@H](C)C3=CCC21C. The minimum absolute atomic E-state index is 0.00996. The number of fused-ring (bicyclic) bond motifs is 3. The van der Waals surface area contributed by atoms with E-state index in [1.807, 2.05) is 6.92 Å². The minimum Gasteiger partial charge on any atom is -0.461 e. The highest BCUT2D eigenvalue weighted by atomic mass is 16.5. The van der Waals surface area contributed by atoms with E-state index in [-0.39, 0.29) is 40.7 Å². The van der Waals surface area contributed by atoms with Gasteiger partial charge in [0.05, 0.1) is 0 Å². The third kappa shape index (κ3) is 2.30. The van der Waals surface area contributed by atoms with Crippen LogP contribution in [0.3, 0.4) is 0 Å². The normalized spacial score (nSPS) is 39.8. The zero-order chi connectivity index (χ0) is 17.0. The van der Waals surface area contributed by atoms with Crippen molar-refractivity contribution in [3.63, 3.8) is 0 Å². The summed E-state index contributed by atoms with van der Waals surface area (Å²) in [6, 6.07) is 0. The Labute approximate surface area is 137 Å². The third-order valence-electron chi connectivity index (χ3n) is 6.12. The fourth-order valence-electron chi connectivity index (χ4n) is 4.77. The second kappa shape index (κ2) is 5.15. The van der Waals surface area contributed by atoms with Crippen LogP contribution in [-0.2, 0) is 19.1 Å². The van der Waals surface area contributed by atoms with Crippen molar-refractivity contribution in [3.05, 3.63) is 23.3 Å². The molecule has 0 bridgehead atoms. The van der Waals surface area contributed by atoms with Crippen LogP contribution in [0.2, 0.25) is 0 Å². The Bertz CT molecular complexity index is 656. The molecule has 124 valence electrons. The average Bonchev–Trinajstić information content (AvgIpc) is 2.45. The maximum Gasteiger partial charge on any atom is 0.302 e. The lowest BCUT2D eigenvalue weighted by atomic mass is 9.50. The molecule has 1 saturated carbocycles. The maximum atomic E-state index is 12.3. The summed E-state index contributed by atoms with van der Waals surface area (Å²) in [5.74, 6) is -0.159. The van der Waals surface area contributed by atoms with Crippen molar-refractivity contribution in [2.75, 3.05) is 0 Å². The Morgan fingerprint density at radius 3 is 2.65 bits per heavy atom. The van der Waals surface area contributed by atoms with Crippen LogP contribution in [0.15, 0.2) is 23.3 Å². The molecule has 3 aliphatic rings. The van der Waals surface area contributed by atoms with Crippen LogP contribution in [0.25, 0.3) is 0 Å². The summed E-state index contributed by atoms with van der Waals surface area (Å²) in [7, 11) is 0. The van der Waals surface area contributed by atoms with E-state index in [2.05, 4.69) is 19.9 Å². The van der Waals surface area contributed by atoms with Gasteiger partial charge in [0.1, 0.15) is 11.9 Å². The first-order valence-corrected chi connectivity index (χ1v) is 8.34. The van der Waals surface area contributed by atoms with Crippen molar-refractivity contribution < 1.29 is 19.1 Å². The van der Waals surface area contributed by atoms with Crippen LogP contribution in [-0.4, -0.2) is 23.6 Å². The van der Waals surface area contributed by atoms with Crippen LogP contribution in [0.1, 0.15) is 53.4 Å². The Morgan fingerprint density at radius 1 is 1.30 bits per heavy atom. The predicted octanol–water partition coefficient (Wildman–Crippen LogP) is 3.16. The van der Waals surface area contributed by atoms with E-state index in [1.54, 1.807) is 6.08 Å². The van der Waals surface area contributed by atoms with Crippen LogP contribution < -0.4 is 0 Å². The van der Waals surface area contributed by atoms with Crippen LogP contribution in [0, 0.1) is 16.7 Å². The first-order chi connectivity index (χ1) is 10.7. The first kappa shape index (κ1) is 16.2. The Balaban J connectivity index is 2.11. The second-order valence-corrected chi connectivity index (χ2v) is 7.63. The van der Waals surface area contributed by atoms with Crippen molar-refractivity contribution in [1.29, 1.82) is 0 Å². The molecule has 23 heavy (non-hydrogen) atoms. The summed E-state index contributed by atoms with van der Waals surface area (Å²) in [5, 5.41) is 0. The molecular formula is C19H24O4. The van der Waals surface area contributed by atoms with E-state index >= 15 is 0 Å². The number of allylic oxidation sites excluding steroid dienone is 3. The van der Waals surface area contributed by atoms with Gasteiger partial charge in [-0.15, -0.1) is 0 Å². The van der Waals surface area contributed by atoms with E-state index in [0.29, 0.717) is 12.8 Å². The number of rotatable bonds is 1. The van der Waals surface area contributed by atoms with Gasteiger partial charge in [-0.1, -0.05) is 32.4 Å². The van der Waals surface area contributed by atoms with Crippen molar-refractivity contribution in [2.45, 2.75) is 59.5 Å². The van der Waals surface area contributed by atoms with Gasteiger partial charge in [-0.2, -0.15) is 0 Å². The zero-order valence-electron chi connectivity index (χ0n) is 14.3. The highest BCUT2D eigenvalue weighted by molar-refractivity contribution is 5.94. The van der Waals surface area contributed by atoms with E-state index in [4.69, 9.17) is 4.74 Å². The maximum absolute atomic E-state index is 12.3. The van der Waals surface area contributed by atoms with Crippen molar-refractivity contribution in [3.8, 4) is 0 Å². The molecule has 2 unspecified atom stereocenters. The number of carbonyl (C=O) groups excluding carboxylic acids is 3. The Kier molecular flexibility index (Phi) is 3.62. The Morgan fingerprint density at radius 2 is 2.00 bits per heavy atom. The molecule has 0 saturated heterocycles. The van der Waals surface area contributed by atoms with Crippen LogP contribution in [0.5, 0.6) is 0 Å². The molecule has 0 heterocycles. The monoisotopic (exact) mass is 316 g/mol. The lowest BCUT2D eigenvalue weighted by molar-refractivity contribution is -0.154. The average molecular weight is 316 g/mol. The molecule has 4 nitrogen and oxygen atoms in total. The van der Waals surface area contributed by atoms with Crippen LogP contribution in [0.4, 0.5) is 0 Å². The van der Waals surface area contributed by atoms with Gasteiger partial charge in [-0.3, -0.25) is 14.4 Å².